The van der Waals surface area contributed by atoms with Crippen LogP contribution >= 0.6 is 11.8 Å². The fourth-order valence-electron chi connectivity index (χ4n) is 0.618. The molecule has 0 bridgehead atoms. The Kier molecular flexibility index (Phi) is 4.54. The van der Waals surface area contributed by atoms with Gasteiger partial charge in [0.1, 0.15) is 11.6 Å². The predicted molar refractivity (Wildman–Crippen MR) is 47.2 cm³/mol. The smallest absolute Gasteiger partial charge is 0.260 e. The maximum Gasteiger partial charge on any atom is 0.260 e. The number of nitrogens with zero attached hydrogens (tertiary/aromatic N) is 2. The van der Waals surface area contributed by atoms with E-state index in [1.54, 1.807) is 6.26 Å². The lowest BCUT2D eigenvalue weighted by molar-refractivity contribution is -0.469. The van der Waals surface area contributed by atoms with Crippen LogP contribution < -0.4 is 5.73 Å². The van der Waals surface area contributed by atoms with Crippen molar-refractivity contribution in [1.82, 2.24) is 0 Å². The third-order valence-corrected chi connectivity index (χ3v) is 1.98. The van der Waals surface area contributed by atoms with Gasteiger partial charge in [-0.05, 0) is 6.26 Å². The van der Waals surface area contributed by atoms with Crippen molar-refractivity contribution < 1.29 is 9.72 Å². The molecule has 70 valence electrons. The summed E-state index contributed by atoms with van der Waals surface area (Å²) in [5, 5.41) is 18.6. The predicted octanol–water partition coefficient (Wildman–Crippen LogP) is -0.111. The van der Waals surface area contributed by atoms with Gasteiger partial charge in [0.25, 0.3) is 5.91 Å². The summed E-state index contributed by atoms with van der Waals surface area (Å²) in [7, 11) is 0. The Bertz CT molecular complexity index is 305. The SMILES string of the molecule is CS/C(C[N+](=O)[O-])=C(/C#N)C(N)=O. The summed E-state index contributed by atoms with van der Waals surface area (Å²) in [5.74, 6) is -0.936. The molecule has 0 spiro atoms. The minimum Gasteiger partial charge on any atom is -0.365 e. The maximum absolute atomic E-state index is 10.6. The van der Waals surface area contributed by atoms with Crippen molar-refractivity contribution in [3.63, 3.8) is 0 Å². The number of carbonyl (C=O) groups excluding carboxylic acids is 1. The molecule has 0 aliphatic carbocycles. The second-order valence-corrected chi connectivity index (χ2v) is 2.87. The highest BCUT2D eigenvalue weighted by atomic mass is 32.2. The number of primary amides is 1. The van der Waals surface area contributed by atoms with Gasteiger partial charge in [-0.1, -0.05) is 0 Å². The van der Waals surface area contributed by atoms with Crippen LogP contribution in [-0.2, 0) is 4.79 Å². The van der Waals surface area contributed by atoms with Crippen molar-refractivity contribution in [1.29, 1.82) is 5.26 Å². The molecule has 2 N–H and O–H groups in total. The number of hydrogen-bond donors (Lipinski definition) is 1. The third-order valence-electron chi connectivity index (χ3n) is 1.16. The molecule has 0 aliphatic rings. The van der Waals surface area contributed by atoms with Crippen LogP contribution in [-0.4, -0.2) is 23.6 Å². The van der Waals surface area contributed by atoms with Crippen LogP contribution in [0.3, 0.4) is 0 Å². The van der Waals surface area contributed by atoms with Crippen LogP contribution in [0, 0.1) is 21.4 Å². The Morgan fingerprint density at radius 1 is 1.77 bits per heavy atom. The Labute approximate surface area is 78.5 Å². The molecule has 1 amide bonds. The minimum atomic E-state index is -0.936. The van der Waals surface area contributed by atoms with Crippen molar-refractivity contribution in [2.24, 2.45) is 5.73 Å². The summed E-state index contributed by atoms with van der Waals surface area (Å²) in [6.45, 7) is -0.549. The first-order valence-electron chi connectivity index (χ1n) is 3.11. The molecular weight excluding hydrogens is 194 g/mol. The largest absolute Gasteiger partial charge is 0.365 e. The molecule has 0 unspecified atom stereocenters. The van der Waals surface area contributed by atoms with E-state index in [0.717, 1.165) is 11.8 Å². The average Bonchev–Trinajstić information content (AvgIpc) is 2.02. The van der Waals surface area contributed by atoms with Gasteiger partial charge in [0.05, 0.1) is 4.91 Å². The van der Waals surface area contributed by atoms with Gasteiger partial charge in [-0.2, -0.15) is 5.26 Å². The molecule has 6 nitrogen and oxygen atoms in total. The highest BCUT2D eigenvalue weighted by molar-refractivity contribution is 8.02. The molecule has 0 aromatic rings. The van der Waals surface area contributed by atoms with E-state index in [2.05, 4.69) is 0 Å². The van der Waals surface area contributed by atoms with E-state index in [1.807, 2.05) is 0 Å². The van der Waals surface area contributed by atoms with E-state index in [-0.39, 0.29) is 10.5 Å². The van der Waals surface area contributed by atoms with Gasteiger partial charge in [0.2, 0.25) is 6.54 Å². The standard InChI is InChI=1S/C6H7N3O3S/c1-13-5(3-9(11)12)4(2-7)6(8)10/h3H2,1H3,(H2,8,10)/b5-4-. The van der Waals surface area contributed by atoms with E-state index < -0.39 is 17.4 Å². The molecular formula is C6H7N3O3S. The lowest BCUT2D eigenvalue weighted by atomic mass is 10.2. The molecule has 0 heterocycles. The molecule has 13 heavy (non-hydrogen) atoms. The van der Waals surface area contributed by atoms with E-state index >= 15 is 0 Å². The summed E-state index contributed by atoms with van der Waals surface area (Å²) < 4.78 is 0. The van der Waals surface area contributed by atoms with Gasteiger partial charge >= 0.3 is 0 Å². The van der Waals surface area contributed by atoms with Gasteiger partial charge in [-0.25, -0.2) is 0 Å². The molecule has 0 fully saturated rings. The highest BCUT2D eigenvalue weighted by Crippen LogP contribution is 2.16. The zero-order chi connectivity index (χ0) is 10.4. The van der Waals surface area contributed by atoms with Crippen LogP contribution in [0.4, 0.5) is 0 Å². The van der Waals surface area contributed by atoms with Crippen LogP contribution in [0.5, 0.6) is 0 Å². The molecule has 0 aromatic carbocycles. The van der Waals surface area contributed by atoms with Crippen LogP contribution in [0.2, 0.25) is 0 Å². The number of nitriles is 1. The quantitative estimate of drug-likeness (QED) is 0.295. The fourth-order valence-corrected chi connectivity index (χ4v) is 1.20. The summed E-state index contributed by atoms with van der Waals surface area (Å²) in [6, 6.07) is 1.54. The summed E-state index contributed by atoms with van der Waals surface area (Å²) in [6.07, 6.45) is 1.54. The Morgan fingerprint density at radius 3 is 2.54 bits per heavy atom. The van der Waals surface area contributed by atoms with Crippen molar-refractivity contribution >= 4 is 17.7 Å². The highest BCUT2D eigenvalue weighted by Gasteiger charge is 2.15. The molecule has 0 saturated heterocycles. The van der Waals surface area contributed by atoms with Crippen LogP contribution in [0.25, 0.3) is 0 Å². The monoisotopic (exact) mass is 201 g/mol. The number of amides is 1. The summed E-state index contributed by atoms with van der Waals surface area (Å²) in [5.41, 5.74) is 4.50. The Hall–Kier alpha value is -1.55. The van der Waals surface area contributed by atoms with Gasteiger partial charge in [0.15, 0.2) is 0 Å². The second kappa shape index (κ2) is 5.16. The third kappa shape index (κ3) is 3.57. The summed E-state index contributed by atoms with van der Waals surface area (Å²) >= 11 is 0.974. The van der Waals surface area contributed by atoms with E-state index in [1.165, 1.54) is 6.07 Å². The van der Waals surface area contributed by atoms with Gasteiger partial charge in [-0.3, -0.25) is 14.9 Å². The van der Waals surface area contributed by atoms with E-state index in [4.69, 9.17) is 11.0 Å². The van der Waals surface area contributed by atoms with Crippen molar-refractivity contribution in [2.45, 2.75) is 0 Å². The number of nitro groups is 1. The van der Waals surface area contributed by atoms with Crippen LogP contribution in [0.15, 0.2) is 10.5 Å². The molecule has 0 aromatic heterocycles. The fraction of sp³-hybridized carbons (Fsp3) is 0.333. The van der Waals surface area contributed by atoms with Crippen molar-refractivity contribution in [2.75, 3.05) is 12.8 Å². The zero-order valence-corrected chi connectivity index (χ0v) is 7.63. The van der Waals surface area contributed by atoms with Gasteiger partial charge in [0, 0.05) is 4.92 Å². The molecule has 0 aliphatic heterocycles. The van der Waals surface area contributed by atoms with Gasteiger partial charge in [-0.15, -0.1) is 11.8 Å². The molecule has 7 heteroatoms. The Balaban J connectivity index is 4.97. The average molecular weight is 201 g/mol. The first kappa shape index (κ1) is 11.4. The van der Waals surface area contributed by atoms with Crippen LogP contribution in [0.1, 0.15) is 0 Å². The second-order valence-electron chi connectivity index (χ2n) is 1.97. The number of hydrogen-bond acceptors (Lipinski definition) is 5. The summed E-state index contributed by atoms with van der Waals surface area (Å²) in [4.78, 5) is 20.2. The lowest BCUT2D eigenvalue weighted by Crippen LogP contribution is -2.16. The zero-order valence-electron chi connectivity index (χ0n) is 6.81. The lowest BCUT2D eigenvalue weighted by Gasteiger charge is -1.99. The topological polar surface area (TPSA) is 110 Å². The molecule has 0 saturated carbocycles. The van der Waals surface area contributed by atoms with Gasteiger partial charge < -0.3 is 5.73 Å². The van der Waals surface area contributed by atoms with E-state index in [9.17, 15) is 14.9 Å². The molecule has 0 atom stereocenters. The maximum atomic E-state index is 10.6. The molecule has 0 rings (SSSR count). The normalized spacial score (nSPS) is 11.4. The van der Waals surface area contributed by atoms with Crippen molar-refractivity contribution in [3.05, 3.63) is 20.6 Å². The van der Waals surface area contributed by atoms with Crippen molar-refractivity contribution in [3.8, 4) is 6.07 Å². The number of rotatable bonds is 4. The number of nitrogens with two attached hydrogens (primary N) is 1. The van der Waals surface area contributed by atoms with E-state index in [0.29, 0.717) is 0 Å². The number of thioether (sulfide) groups is 1. The Morgan fingerprint density at radius 2 is 2.31 bits per heavy atom. The minimum absolute atomic E-state index is 0.0833. The number of carbonyl (C=O) groups is 1. The molecule has 0 radical (unpaired) electrons. The first-order chi connectivity index (χ1) is 6.02. The first-order valence-corrected chi connectivity index (χ1v) is 4.34.